The predicted octanol–water partition coefficient (Wildman–Crippen LogP) is 7.01. The van der Waals surface area contributed by atoms with Gasteiger partial charge in [0.15, 0.2) is 0 Å². The second-order valence-corrected chi connectivity index (χ2v) is 8.25. The fourth-order valence-electron chi connectivity index (χ4n) is 3.55. The van der Waals surface area contributed by atoms with Crippen molar-refractivity contribution in [1.82, 2.24) is 5.32 Å². The fourth-order valence-corrected chi connectivity index (χ4v) is 3.55. The van der Waals surface area contributed by atoms with Crippen LogP contribution in [0.15, 0.2) is 0 Å². The number of carbonyl (C=O) groups excluding carboxylic acids is 1. The minimum atomic E-state index is -0.688. The molecule has 0 aliphatic rings. The van der Waals surface area contributed by atoms with E-state index in [0.29, 0.717) is 12.8 Å². The Kier molecular flexibility index (Phi) is 21.4. The van der Waals surface area contributed by atoms with Gasteiger partial charge in [0.25, 0.3) is 0 Å². The van der Waals surface area contributed by atoms with Gasteiger partial charge in [-0.1, -0.05) is 103 Å². The molecule has 28 heavy (non-hydrogen) atoms. The van der Waals surface area contributed by atoms with Gasteiger partial charge in [0.1, 0.15) is 0 Å². The SMILES string of the molecule is CCCCCCCCCCCCNC(=O)CCCCCCCCCCC(=O)O. The standard InChI is InChI=1S/C24H47NO3/c1-2-3-4-5-6-7-10-13-16-19-22-25-23(26)20-17-14-11-8-9-12-15-18-21-24(27)28/h2-22H2,1H3,(H,25,26)(H,27,28). The first kappa shape index (κ1) is 26.9. The molecule has 0 aliphatic heterocycles. The summed E-state index contributed by atoms with van der Waals surface area (Å²) in [6.07, 6.45) is 22.9. The van der Waals surface area contributed by atoms with E-state index in [1.165, 1.54) is 77.0 Å². The molecule has 0 fully saturated rings. The van der Waals surface area contributed by atoms with E-state index in [2.05, 4.69) is 12.2 Å². The van der Waals surface area contributed by atoms with Gasteiger partial charge >= 0.3 is 5.97 Å². The van der Waals surface area contributed by atoms with Crippen molar-refractivity contribution in [1.29, 1.82) is 0 Å². The van der Waals surface area contributed by atoms with E-state index in [-0.39, 0.29) is 5.91 Å². The highest BCUT2D eigenvalue weighted by molar-refractivity contribution is 5.75. The molecule has 0 atom stereocenters. The quantitative estimate of drug-likeness (QED) is 0.193. The van der Waals surface area contributed by atoms with Gasteiger partial charge in [-0.25, -0.2) is 0 Å². The van der Waals surface area contributed by atoms with E-state index >= 15 is 0 Å². The molecule has 0 aromatic carbocycles. The Morgan fingerprint density at radius 1 is 0.571 bits per heavy atom. The van der Waals surface area contributed by atoms with E-state index in [1.54, 1.807) is 0 Å². The van der Waals surface area contributed by atoms with Crippen molar-refractivity contribution in [3.63, 3.8) is 0 Å². The Balaban J connectivity index is 3.16. The summed E-state index contributed by atoms with van der Waals surface area (Å²) >= 11 is 0. The molecular weight excluding hydrogens is 350 g/mol. The van der Waals surface area contributed by atoms with Crippen LogP contribution in [0.25, 0.3) is 0 Å². The lowest BCUT2D eigenvalue weighted by Crippen LogP contribution is -2.23. The van der Waals surface area contributed by atoms with E-state index < -0.39 is 5.97 Å². The number of rotatable bonds is 22. The molecule has 0 saturated heterocycles. The molecule has 0 aliphatic carbocycles. The second-order valence-electron chi connectivity index (χ2n) is 8.25. The third-order valence-electron chi connectivity index (χ3n) is 5.40. The van der Waals surface area contributed by atoms with Crippen LogP contribution in [0.4, 0.5) is 0 Å². The van der Waals surface area contributed by atoms with Gasteiger partial charge in [0, 0.05) is 19.4 Å². The molecule has 0 aromatic heterocycles. The highest BCUT2D eigenvalue weighted by Crippen LogP contribution is 2.11. The van der Waals surface area contributed by atoms with E-state index in [0.717, 1.165) is 45.1 Å². The van der Waals surface area contributed by atoms with Gasteiger partial charge < -0.3 is 10.4 Å². The van der Waals surface area contributed by atoms with E-state index in [4.69, 9.17) is 5.11 Å². The average molecular weight is 398 g/mol. The summed E-state index contributed by atoms with van der Waals surface area (Å²) in [5.41, 5.74) is 0. The number of unbranched alkanes of at least 4 members (excludes halogenated alkanes) is 16. The molecule has 166 valence electrons. The Hall–Kier alpha value is -1.06. The minimum absolute atomic E-state index is 0.213. The molecule has 0 spiro atoms. The lowest BCUT2D eigenvalue weighted by Gasteiger charge is -2.06. The van der Waals surface area contributed by atoms with Gasteiger partial charge in [-0.05, 0) is 19.3 Å². The molecule has 1 amide bonds. The van der Waals surface area contributed by atoms with Crippen LogP contribution in [0.5, 0.6) is 0 Å². The van der Waals surface area contributed by atoms with Crippen LogP contribution in [-0.2, 0) is 9.59 Å². The Bertz CT molecular complexity index is 358. The Labute approximate surface area is 174 Å². The van der Waals surface area contributed by atoms with Crippen molar-refractivity contribution >= 4 is 11.9 Å². The molecule has 0 rings (SSSR count). The highest BCUT2D eigenvalue weighted by atomic mass is 16.4. The van der Waals surface area contributed by atoms with Crippen LogP contribution in [-0.4, -0.2) is 23.5 Å². The van der Waals surface area contributed by atoms with Crippen LogP contribution < -0.4 is 5.32 Å². The van der Waals surface area contributed by atoms with E-state index in [9.17, 15) is 9.59 Å². The maximum Gasteiger partial charge on any atom is 0.303 e. The molecule has 0 bridgehead atoms. The summed E-state index contributed by atoms with van der Waals surface area (Å²) < 4.78 is 0. The summed E-state index contributed by atoms with van der Waals surface area (Å²) in [5, 5.41) is 11.6. The first-order valence-corrected chi connectivity index (χ1v) is 12.1. The van der Waals surface area contributed by atoms with E-state index in [1.807, 2.05) is 0 Å². The molecule has 4 heteroatoms. The summed E-state index contributed by atoms with van der Waals surface area (Å²) in [6.45, 7) is 3.10. The normalized spacial score (nSPS) is 10.9. The number of amides is 1. The molecule has 0 radical (unpaired) electrons. The van der Waals surface area contributed by atoms with Crippen LogP contribution in [0, 0.1) is 0 Å². The van der Waals surface area contributed by atoms with Crippen LogP contribution >= 0.6 is 0 Å². The number of hydrogen-bond donors (Lipinski definition) is 2. The number of aliphatic carboxylic acids is 1. The Morgan fingerprint density at radius 3 is 1.43 bits per heavy atom. The van der Waals surface area contributed by atoms with Crippen LogP contribution in [0.2, 0.25) is 0 Å². The maximum atomic E-state index is 11.8. The van der Waals surface area contributed by atoms with Crippen molar-refractivity contribution in [2.24, 2.45) is 0 Å². The topological polar surface area (TPSA) is 66.4 Å². The number of carboxylic acid groups (broad SMARTS) is 1. The summed E-state index contributed by atoms with van der Waals surface area (Å²) in [4.78, 5) is 22.2. The monoisotopic (exact) mass is 397 g/mol. The average Bonchev–Trinajstić information content (AvgIpc) is 2.67. The number of carbonyl (C=O) groups is 2. The van der Waals surface area contributed by atoms with Gasteiger partial charge in [0.2, 0.25) is 5.91 Å². The highest BCUT2D eigenvalue weighted by Gasteiger charge is 2.01. The first-order valence-electron chi connectivity index (χ1n) is 12.1. The largest absolute Gasteiger partial charge is 0.481 e. The summed E-state index contributed by atoms with van der Waals surface area (Å²) in [7, 11) is 0. The Morgan fingerprint density at radius 2 is 0.964 bits per heavy atom. The first-order chi connectivity index (χ1) is 13.7. The lowest BCUT2D eigenvalue weighted by atomic mass is 10.1. The van der Waals surface area contributed by atoms with Gasteiger partial charge in [0.05, 0.1) is 0 Å². The zero-order chi connectivity index (χ0) is 20.7. The molecule has 0 unspecified atom stereocenters. The van der Waals surface area contributed by atoms with Crippen molar-refractivity contribution < 1.29 is 14.7 Å². The second kappa shape index (κ2) is 22.2. The minimum Gasteiger partial charge on any atom is -0.481 e. The number of nitrogens with one attached hydrogen (secondary N) is 1. The van der Waals surface area contributed by atoms with Crippen molar-refractivity contribution in [3.05, 3.63) is 0 Å². The summed E-state index contributed by atoms with van der Waals surface area (Å²) in [5.74, 6) is -0.476. The molecule has 0 heterocycles. The number of carboxylic acids is 1. The summed E-state index contributed by atoms with van der Waals surface area (Å²) in [6, 6.07) is 0. The number of hydrogen-bond acceptors (Lipinski definition) is 2. The third kappa shape index (κ3) is 23.0. The molecule has 2 N–H and O–H groups in total. The third-order valence-corrected chi connectivity index (χ3v) is 5.40. The molecule has 0 aromatic rings. The lowest BCUT2D eigenvalue weighted by molar-refractivity contribution is -0.137. The van der Waals surface area contributed by atoms with Crippen molar-refractivity contribution in [3.8, 4) is 0 Å². The van der Waals surface area contributed by atoms with Gasteiger partial charge in [-0.2, -0.15) is 0 Å². The molecular formula is C24H47NO3. The van der Waals surface area contributed by atoms with Crippen molar-refractivity contribution in [2.75, 3.05) is 6.54 Å². The molecule has 4 nitrogen and oxygen atoms in total. The van der Waals surface area contributed by atoms with Crippen molar-refractivity contribution in [2.45, 2.75) is 135 Å². The zero-order valence-corrected chi connectivity index (χ0v) is 18.6. The predicted molar refractivity (Wildman–Crippen MR) is 119 cm³/mol. The van der Waals surface area contributed by atoms with Crippen LogP contribution in [0.1, 0.15) is 135 Å². The zero-order valence-electron chi connectivity index (χ0n) is 18.6. The van der Waals surface area contributed by atoms with Crippen LogP contribution in [0.3, 0.4) is 0 Å². The fraction of sp³-hybridized carbons (Fsp3) is 0.917. The van der Waals surface area contributed by atoms with Gasteiger partial charge in [-0.3, -0.25) is 9.59 Å². The maximum absolute atomic E-state index is 11.8. The smallest absolute Gasteiger partial charge is 0.303 e. The molecule has 0 saturated carbocycles. The van der Waals surface area contributed by atoms with Gasteiger partial charge in [-0.15, -0.1) is 0 Å².